The van der Waals surface area contributed by atoms with Gasteiger partial charge in [-0.2, -0.15) is 4.98 Å². The molecular weight excluding hydrogens is 450 g/mol. The average molecular weight is 488 g/mol. The quantitative estimate of drug-likeness (QED) is 0.472. The third kappa shape index (κ3) is 4.73. The van der Waals surface area contributed by atoms with E-state index in [2.05, 4.69) is 39.5 Å². The van der Waals surface area contributed by atoms with E-state index in [1.165, 1.54) is 37.8 Å². The molecule has 0 amide bonds. The molecule has 3 aliphatic rings. The third-order valence-electron chi connectivity index (χ3n) is 8.80. The van der Waals surface area contributed by atoms with Crippen LogP contribution in [-0.2, 0) is 0 Å². The van der Waals surface area contributed by atoms with Crippen LogP contribution in [0.3, 0.4) is 0 Å². The summed E-state index contributed by atoms with van der Waals surface area (Å²) in [4.78, 5) is 24.7. The number of rotatable bonds is 7. The van der Waals surface area contributed by atoms with Gasteiger partial charge < -0.3 is 15.3 Å². The van der Waals surface area contributed by atoms with Gasteiger partial charge in [0.25, 0.3) is 5.56 Å². The number of pyridine rings is 1. The van der Waals surface area contributed by atoms with Gasteiger partial charge in [0.1, 0.15) is 5.65 Å². The highest BCUT2D eigenvalue weighted by Crippen LogP contribution is 2.50. The number of nitrogens with one attached hydrogen (secondary N) is 1. The average Bonchev–Trinajstić information content (AvgIpc) is 3.52. The van der Waals surface area contributed by atoms with Crippen LogP contribution in [0.15, 0.2) is 47.4 Å². The molecule has 2 saturated carbocycles. The Labute approximate surface area is 212 Å². The van der Waals surface area contributed by atoms with E-state index in [4.69, 9.17) is 4.98 Å². The van der Waals surface area contributed by atoms with Crippen molar-refractivity contribution in [2.75, 3.05) is 23.3 Å². The lowest BCUT2D eigenvalue weighted by molar-refractivity contribution is 0.169. The molecular formula is C29H37N5O2. The minimum absolute atomic E-state index is 0.0451. The first-order valence-corrected chi connectivity index (χ1v) is 13.7. The predicted octanol–water partition coefficient (Wildman–Crippen LogP) is 5.27. The first kappa shape index (κ1) is 23.5. The maximum atomic E-state index is 12.9. The Kier molecular flexibility index (Phi) is 6.42. The summed E-state index contributed by atoms with van der Waals surface area (Å²) in [6.07, 6.45) is 10.9. The SMILES string of the molecule is C[C@H](O)CCC1CCN(c2ccc(Nc3ncc4ccc(=O)n([C@@H]5CC6CCC5C6)c4n3)cc2)CC1. The van der Waals surface area contributed by atoms with E-state index in [1.807, 2.05) is 23.8 Å². The van der Waals surface area contributed by atoms with E-state index < -0.39 is 0 Å². The highest BCUT2D eigenvalue weighted by atomic mass is 16.3. The standard InChI is InChI=1S/C29H37N5O2/c1-19(35)2-3-20-12-14-33(15-13-20)25-9-7-24(8-10-25)31-29-30-18-23-6-11-27(36)34(28(23)32-29)26-17-21-4-5-22(26)16-21/h6-11,18-22,26,35H,2-5,12-17H2,1H3,(H,30,31,32)/t19-,21?,22?,26+/m0/s1. The summed E-state index contributed by atoms with van der Waals surface area (Å²) >= 11 is 0. The van der Waals surface area contributed by atoms with Gasteiger partial charge in [0, 0.05) is 48.2 Å². The molecule has 7 heteroatoms. The monoisotopic (exact) mass is 487 g/mol. The number of aliphatic hydroxyl groups excluding tert-OH is 1. The van der Waals surface area contributed by atoms with Crippen LogP contribution in [0.4, 0.5) is 17.3 Å². The molecule has 2 aliphatic carbocycles. The zero-order valence-electron chi connectivity index (χ0n) is 21.1. The molecule has 0 radical (unpaired) electrons. The van der Waals surface area contributed by atoms with Crippen molar-refractivity contribution in [1.29, 1.82) is 0 Å². The Morgan fingerprint density at radius 1 is 1.06 bits per heavy atom. The second kappa shape index (κ2) is 9.85. The summed E-state index contributed by atoms with van der Waals surface area (Å²) in [6.45, 7) is 4.00. The van der Waals surface area contributed by atoms with Crippen LogP contribution in [0, 0.1) is 17.8 Å². The predicted molar refractivity (Wildman–Crippen MR) is 144 cm³/mol. The van der Waals surface area contributed by atoms with Gasteiger partial charge in [-0.3, -0.25) is 9.36 Å². The van der Waals surface area contributed by atoms with Crippen molar-refractivity contribution in [3.63, 3.8) is 0 Å². The summed E-state index contributed by atoms with van der Waals surface area (Å²) in [5, 5.41) is 13.8. The number of nitrogens with zero attached hydrogens (tertiary/aromatic N) is 4. The molecule has 190 valence electrons. The number of benzene rings is 1. The number of fused-ring (bicyclic) bond motifs is 3. The molecule has 6 rings (SSSR count). The molecule has 3 fully saturated rings. The third-order valence-corrected chi connectivity index (χ3v) is 8.80. The molecule has 2 unspecified atom stereocenters. The van der Waals surface area contributed by atoms with Crippen LogP contribution in [0.1, 0.15) is 64.3 Å². The smallest absolute Gasteiger partial charge is 0.252 e. The van der Waals surface area contributed by atoms with Crippen molar-refractivity contribution in [2.45, 2.75) is 70.4 Å². The number of hydrogen-bond acceptors (Lipinski definition) is 6. The van der Waals surface area contributed by atoms with E-state index >= 15 is 0 Å². The lowest BCUT2D eigenvalue weighted by atomic mass is 9.91. The van der Waals surface area contributed by atoms with Gasteiger partial charge in [0.2, 0.25) is 5.95 Å². The first-order chi connectivity index (χ1) is 17.5. The van der Waals surface area contributed by atoms with Crippen molar-refractivity contribution >= 4 is 28.4 Å². The molecule has 1 aromatic carbocycles. The Morgan fingerprint density at radius 3 is 2.56 bits per heavy atom. The Balaban J connectivity index is 1.15. The zero-order valence-corrected chi connectivity index (χ0v) is 21.1. The molecule has 3 heterocycles. The molecule has 3 aromatic rings. The second-order valence-corrected chi connectivity index (χ2v) is 11.3. The van der Waals surface area contributed by atoms with E-state index in [0.717, 1.165) is 60.9 Å². The molecule has 1 saturated heterocycles. The van der Waals surface area contributed by atoms with E-state index in [1.54, 1.807) is 6.07 Å². The Bertz CT molecular complexity index is 1260. The molecule has 2 N–H and O–H groups in total. The zero-order chi connectivity index (χ0) is 24.6. The van der Waals surface area contributed by atoms with Gasteiger partial charge in [-0.05, 0) is 100.0 Å². The highest BCUT2D eigenvalue weighted by Gasteiger charge is 2.41. The molecule has 36 heavy (non-hydrogen) atoms. The minimum atomic E-state index is -0.194. The van der Waals surface area contributed by atoms with Gasteiger partial charge in [-0.15, -0.1) is 0 Å². The normalized spacial score (nSPS) is 24.9. The van der Waals surface area contributed by atoms with E-state index in [0.29, 0.717) is 11.9 Å². The molecule has 0 spiro atoms. The molecule has 2 aromatic heterocycles. The summed E-state index contributed by atoms with van der Waals surface area (Å²) in [5.41, 5.74) is 2.96. The fourth-order valence-corrected chi connectivity index (χ4v) is 6.79. The van der Waals surface area contributed by atoms with Crippen LogP contribution >= 0.6 is 0 Å². The number of aromatic nitrogens is 3. The van der Waals surface area contributed by atoms with Crippen molar-refractivity contribution in [3.8, 4) is 0 Å². The van der Waals surface area contributed by atoms with E-state index in [9.17, 15) is 9.90 Å². The maximum Gasteiger partial charge on any atom is 0.252 e. The second-order valence-electron chi connectivity index (χ2n) is 11.3. The van der Waals surface area contributed by atoms with Crippen LogP contribution in [0.5, 0.6) is 0 Å². The van der Waals surface area contributed by atoms with Crippen LogP contribution < -0.4 is 15.8 Å². The fraction of sp³-hybridized carbons (Fsp3) is 0.552. The van der Waals surface area contributed by atoms with Crippen LogP contribution in [-0.4, -0.2) is 38.8 Å². The lowest BCUT2D eigenvalue weighted by Crippen LogP contribution is -2.33. The molecule has 7 nitrogen and oxygen atoms in total. The summed E-state index contributed by atoms with van der Waals surface area (Å²) in [5.74, 6) is 2.60. The van der Waals surface area contributed by atoms with Gasteiger partial charge in [0.05, 0.1) is 6.10 Å². The van der Waals surface area contributed by atoms with Crippen LogP contribution in [0.2, 0.25) is 0 Å². The van der Waals surface area contributed by atoms with Crippen molar-refractivity contribution in [1.82, 2.24) is 14.5 Å². The van der Waals surface area contributed by atoms with Gasteiger partial charge in [-0.1, -0.05) is 6.42 Å². The molecule has 1 aliphatic heterocycles. The largest absolute Gasteiger partial charge is 0.393 e. The molecule has 4 atom stereocenters. The Morgan fingerprint density at radius 2 is 1.86 bits per heavy atom. The van der Waals surface area contributed by atoms with Crippen molar-refractivity contribution in [2.24, 2.45) is 17.8 Å². The van der Waals surface area contributed by atoms with Crippen LogP contribution in [0.25, 0.3) is 11.0 Å². The number of piperidine rings is 1. The first-order valence-electron chi connectivity index (χ1n) is 13.7. The minimum Gasteiger partial charge on any atom is -0.393 e. The maximum absolute atomic E-state index is 12.9. The topological polar surface area (TPSA) is 83.3 Å². The van der Waals surface area contributed by atoms with Gasteiger partial charge in [-0.25, -0.2) is 4.98 Å². The molecule has 2 bridgehead atoms. The number of aliphatic hydroxyl groups is 1. The Hall–Kier alpha value is -2.93. The van der Waals surface area contributed by atoms with Crippen molar-refractivity contribution in [3.05, 3.63) is 52.9 Å². The highest BCUT2D eigenvalue weighted by molar-refractivity contribution is 5.76. The fourth-order valence-electron chi connectivity index (χ4n) is 6.79. The summed E-state index contributed by atoms with van der Waals surface area (Å²) in [7, 11) is 0. The number of hydrogen-bond donors (Lipinski definition) is 2. The van der Waals surface area contributed by atoms with Gasteiger partial charge >= 0.3 is 0 Å². The number of anilines is 3. The summed E-state index contributed by atoms with van der Waals surface area (Å²) in [6, 6.07) is 12.2. The van der Waals surface area contributed by atoms with Gasteiger partial charge in [0.15, 0.2) is 0 Å². The summed E-state index contributed by atoms with van der Waals surface area (Å²) < 4.78 is 1.94. The lowest BCUT2D eigenvalue weighted by Gasteiger charge is -2.34. The van der Waals surface area contributed by atoms with E-state index in [-0.39, 0.29) is 17.7 Å². The van der Waals surface area contributed by atoms with Crippen molar-refractivity contribution < 1.29 is 5.11 Å².